The Kier molecular flexibility index (Phi) is 2.80. The summed E-state index contributed by atoms with van der Waals surface area (Å²) in [6.07, 6.45) is 2.49. The van der Waals surface area contributed by atoms with E-state index in [0.717, 1.165) is 17.8 Å². The zero-order valence-electron chi connectivity index (χ0n) is 7.41. The Hall–Kier alpha value is -1.38. The number of hydrogen-bond donors (Lipinski definition) is 1. The summed E-state index contributed by atoms with van der Waals surface area (Å²) < 4.78 is 0. The lowest BCUT2D eigenvalue weighted by atomic mass is 10.3. The number of nitrogens with zero attached hydrogens (tertiary/aromatic N) is 2. The number of aliphatic imine (C=N–C) groups is 1. The van der Waals surface area contributed by atoms with Gasteiger partial charge in [-0.05, 0) is 19.1 Å². The van der Waals surface area contributed by atoms with Gasteiger partial charge in [0.15, 0.2) is 0 Å². The first-order chi connectivity index (χ1) is 5.72. The van der Waals surface area contributed by atoms with Crippen LogP contribution in [0.5, 0.6) is 0 Å². The lowest BCUT2D eigenvalue weighted by molar-refractivity contribution is 1.18. The maximum Gasteiger partial charge on any atom is 0.0994 e. The molecule has 0 saturated carbocycles. The number of nitrogens with two attached hydrogens (primary N) is 1. The van der Waals surface area contributed by atoms with E-state index >= 15 is 0 Å². The summed E-state index contributed by atoms with van der Waals surface area (Å²) in [7, 11) is 0. The summed E-state index contributed by atoms with van der Waals surface area (Å²) in [6, 6.07) is 3.83. The number of aromatic nitrogens is 1. The van der Waals surface area contributed by atoms with Crippen molar-refractivity contribution in [1.29, 1.82) is 0 Å². The monoisotopic (exact) mass is 163 g/mol. The first kappa shape index (κ1) is 8.71. The zero-order chi connectivity index (χ0) is 8.97. The van der Waals surface area contributed by atoms with Gasteiger partial charge in [-0.15, -0.1) is 0 Å². The van der Waals surface area contributed by atoms with Gasteiger partial charge in [0.2, 0.25) is 0 Å². The molecular weight excluding hydrogens is 150 g/mol. The van der Waals surface area contributed by atoms with E-state index in [1.54, 1.807) is 6.20 Å². The molecule has 0 bridgehead atoms. The van der Waals surface area contributed by atoms with Gasteiger partial charge in [0.05, 0.1) is 17.7 Å². The highest BCUT2D eigenvalue weighted by Gasteiger charge is 1.90. The van der Waals surface area contributed by atoms with Gasteiger partial charge in [0.25, 0.3) is 0 Å². The van der Waals surface area contributed by atoms with Crippen LogP contribution in [0, 0.1) is 6.92 Å². The fraction of sp³-hybridized carbons (Fsp3) is 0.333. The van der Waals surface area contributed by atoms with Crippen molar-refractivity contribution < 1.29 is 0 Å². The van der Waals surface area contributed by atoms with Crippen molar-refractivity contribution in [3.8, 4) is 0 Å². The van der Waals surface area contributed by atoms with Crippen LogP contribution in [0.3, 0.4) is 0 Å². The molecule has 0 atom stereocenters. The fourth-order valence-electron chi connectivity index (χ4n) is 0.771. The van der Waals surface area contributed by atoms with Crippen molar-refractivity contribution in [3.63, 3.8) is 0 Å². The fourth-order valence-corrected chi connectivity index (χ4v) is 0.771. The highest BCUT2D eigenvalue weighted by Crippen LogP contribution is 2.09. The zero-order valence-corrected chi connectivity index (χ0v) is 7.41. The first-order valence-corrected chi connectivity index (χ1v) is 3.98. The highest BCUT2D eigenvalue weighted by atomic mass is 14.9. The third kappa shape index (κ3) is 2.34. The number of amidine groups is 1. The Balaban J connectivity index is 2.84. The number of aryl methyl sites for hydroxylation is 1. The van der Waals surface area contributed by atoms with Gasteiger partial charge in [-0.1, -0.05) is 6.92 Å². The highest BCUT2D eigenvalue weighted by molar-refractivity contribution is 5.82. The molecule has 1 aromatic heterocycles. The van der Waals surface area contributed by atoms with Gasteiger partial charge < -0.3 is 5.73 Å². The molecule has 0 saturated heterocycles. The second-order valence-electron chi connectivity index (χ2n) is 2.61. The van der Waals surface area contributed by atoms with Crippen molar-refractivity contribution in [3.05, 3.63) is 24.0 Å². The normalized spacial score (nSPS) is 11.7. The molecule has 0 fully saturated rings. The Morgan fingerprint density at radius 3 is 2.83 bits per heavy atom. The summed E-state index contributed by atoms with van der Waals surface area (Å²) in [5.41, 5.74) is 7.37. The predicted molar refractivity (Wildman–Crippen MR) is 50.5 cm³/mol. The average molecular weight is 163 g/mol. The van der Waals surface area contributed by atoms with Crippen molar-refractivity contribution in [1.82, 2.24) is 4.98 Å². The third-order valence-corrected chi connectivity index (χ3v) is 1.53. The maximum atomic E-state index is 5.57. The van der Waals surface area contributed by atoms with E-state index in [4.69, 9.17) is 5.73 Å². The van der Waals surface area contributed by atoms with Gasteiger partial charge in [-0.2, -0.15) is 0 Å². The summed E-state index contributed by atoms with van der Waals surface area (Å²) >= 11 is 0. The van der Waals surface area contributed by atoms with E-state index in [1.807, 2.05) is 26.0 Å². The molecule has 0 aliphatic carbocycles. The van der Waals surface area contributed by atoms with Crippen LogP contribution in [-0.4, -0.2) is 10.8 Å². The SMILES string of the molecule is CCC(N)=Nc1ccc(C)nc1. The standard InChI is InChI=1S/C9H13N3/c1-3-9(10)12-8-5-4-7(2)11-6-8/h4-6H,3H2,1-2H3,(H2,10,12). The van der Waals surface area contributed by atoms with Crippen LogP contribution in [0.2, 0.25) is 0 Å². The van der Waals surface area contributed by atoms with E-state index in [2.05, 4.69) is 9.98 Å². The molecular formula is C9H13N3. The molecule has 1 aromatic rings. The van der Waals surface area contributed by atoms with E-state index < -0.39 is 0 Å². The van der Waals surface area contributed by atoms with E-state index in [-0.39, 0.29) is 0 Å². The van der Waals surface area contributed by atoms with Crippen LogP contribution < -0.4 is 5.73 Å². The molecule has 12 heavy (non-hydrogen) atoms. The lowest BCUT2D eigenvalue weighted by Gasteiger charge is -1.96. The van der Waals surface area contributed by atoms with Crippen LogP contribution in [0.15, 0.2) is 23.3 Å². The van der Waals surface area contributed by atoms with Crippen molar-refractivity contribution >= 4 is 11.5 Å². The van der Waals surface area contributed by atoms with Crippen molar-refractivity contribution in [2.24, 2.45) is 10.7 Å². The van der Waals surface area contributed by atoms with Crippen LogP contribution in [0.25, 0.3) is 0 Å². The van der Waals surface area contributed by atoms with Crippen molar-refractivity contribution in [2.45, 2.75) is 20.3 Å². The molecule has 3 heteroatoms. The van der Waals surface area contributed by atoms with Crippen LogP contribution in [0.1, 0.15) is 19.0 Å². The summed E-state index contributed by atoms with van der Waals surface area (Å²) in [5, 5.41) is 0. The topological polar surface area (TPSA) is 51.3 Å². The minimum absolute atomic E-state index is 0.639. The maximum absolute atomic E-state index is 5.57. The summed E-state index contributed by atoms with van der Waals surface area (Å²) in [6.45, 7) is 3.91. The molecule has 1 heterocycles. The largest absolute Gasteiger partial charge is 0.387 e. The first-order valence-electron chi connectivity index (χ1n) is 3.98. The Morgan fingerprint density at radius 1 is 1.58 bits per heavy atom. The number of hydrogen-bond acceptors (Lipinski definition) is 2. The predicted octanol–water partition coefficient (Wildman–Crippen LogP) is 1.79. The molecule has 0 aliphatic rings. The van der Waals surface area contributed by atoms with E-state index in [9.17, 15) is 0 Å². The molecule has 0 unspecified atom stereocenters. The number of rotatable bonds is 2. The van der Waals surface area contributed by atoms with Crippen LogP contribution in [-0.2, 0) is 0 Å². The molecule has 3 nitrogen and oxygen atoms in total. The smallest absolute Gasteiger partial charge is 0.0994 e. The molecule has 0 aromatic carbocycles. The molecule has 0 amide bonds. The van der Waals surface area contributed by atoms with Crippen LogP contribution in [0.4, 0.5) is 5.69 Å². The molecule has 0 spiro atoms. The molecule has 64 valence electrons. The minimum Gasteiger partial charge on any atom is -0.387 e. The second kappa shape index (κ2) is 3.85. The minimum atomic E-state index is 0.639. The Morgan fingerprint density at radius 2 is 2.33 bits per heavy atom. The van der Waals surface area contributed by atoms with Gasteiger partial charge in [-0.3, -0.25) is 4.98 Å². The molecule has 2 N–H and O–H groups in total. The second-order valence-corrected chi connectivity index (χ2v) is 2.61. The third-order valence-electron chi connectivity index (χ3n) is 1.53. The van der Waals surface area contributed by atoms with Gasteiger partial charge in [0, 0.05) is 12.1 Å². The average Bonchev–Trinajstić information content (AvgIpc) is 2.09. The van der Waals surface area contributed by atoms with E-state index in [0.29, 0.717) is 5.84 Å². The van der Waals surface area contributed by atoms with Gasteiger partial charge >= 0.3 is 0 Å². The van der Waals surface area contributed by atoms with E-state index in [1.165, 1.54) is 0 Å². The van der Waals surface area contributed by atoms with Crippen molar-refractivity contribution in [2.75, 3.05) is 0 Å². The summed E-state index contributed by atoms with van der Waals surface area (Å²) in [4.78, 5) is 8.25. The molecule has 1 rings (SSSR count). The number of pyridine rings is 1. The molecule has 0 aliphatic heterocycles. The lowest BCUT2D eigenvalue weighted by Crippen LogP contribution is -2.08. The Labute approximate surface area is 72.3 Å². The molecule has 0 radical (unpaired) electrons. The summed E-state index contributed by atoms with van der Waals surface area (Å²) in [5.74, 6) is 0.639. The van der Waals surface area contributed by atoms with Gasteiger partial charge in [0.1, 0.15) is 0 Å². The van der Waals surface area contributed by atoms with Gasteiger partial charge in [-0.25, -0.2) is 4.99 Å². The Bertz CT molecular complexity index is 274. The van der Waals surface area contributed by atoms with Crippen LogP contribution >= 0.6 is 0 Å². The quantitative estimate of drug-likeness (QED) is 0.533.